The molecule has 1 N–H and O–H groups in total. The lowest BCUT2D eigenvalue weighted by Gasteiger charge is -2.33. The summed E-state index contributed by atoms with van der Waals surface area (Å²) in [5.41, 5.74) is 1.69. The largest absolute Gasteiger partial charge is 0.373 e. The molecule has 0 radical (unpaired) electrons. The van der Waals surface area contributed by atoms with Crippen molar-refractivity contribution in [3.05, 3.63) is 17.5 Å². The van der Waals surface area contributed by atoms with E-state index in [4.69, 9.17) is 4.74 Å². The van der Waals surface area contributed by atoms with Gasteiger partial charge in [0.05, 0.1) is 36.2 Å². The van der Waals surface area contributed by atoms with E-state index in [1.807, 2.05) is 11.6 Å². The molecule has 2 atom stereocenters. The number of likely N-dealkylation sites (N-methyl/N-ethyl adjacent to an activating group) is 1. The van der Waals surface area contributed by atoms with E-state index < -0.39 is 0 Å². The van der Waals surface area contributed by atoms with Gasteiger partial charge >= 0.3 is 0 Å². The zero-order valence-electron chi connectivity index (χ0n) is 15.0. The zero-order chi connectivity index (χ0) is 17.0. The van der Waals surface area contributed by atoms with Crippen molar-refractivity contribution >= 4 is 5.91 Å². The van der Waals surface area contributed by atoms with Gasteiger partial charge in [0.2, 0.25) is 0 Å². The Kier molecular flexibility index (Phi) is 6.18. The van der Waals surface area contributed by atoms with E-state index in [1.165, 1.54) is 0 Å². The van der Waals surface area contributed by atoms with Gasteiger partial charge in [0.1, 0.15) is 0 Å². The smallest absolute Gasteiger partial charge is 0.255 e. The molecule has 0 unspecified atom stereocenters. The second-order valence-electron chi connectivity index (χ2n) is 6.87. The Balaban J connectivity index is 2.03. The first-order valence-electron chi connectivity index (χ1n) is 8.58. The van der Waals surface area contributed by atoms with Crippen LogP contribution >= 0.6 is 0 Å². The summed E-state index contributed by atoms with van der Waals surface area (Å²) in [5.74, 6) is 0.447. The Morgan fingerprint density at radius 2 is 2.22 bits per heavy atom. The number of carbonyl (C=O) groups is 1. The highest BCUT2D eigenvalue weighted by molar-refractivity contribution is 5.95. The minimum absolute atomic E-state index is 0.0246. The fourth-order valence-corrected chi connectivity index (χ4v) is 2.97. The Bertz CT molecular complexity index is 527. The van der Waals surface area contributed by atoms with Crippen LogP contribution in [0.15, 0.2) is 6.20 Å². The fourth-order valence-electron chi connectivity index (χ4n) is 2.97. The third kappa shape index (κ3) is 4.54. The standard InChI is InChI=1S/C17H30N4O2/c1-6-15-14(9-18-21(15)10-12(2)3)17(22)19-13(4)16-11-20(5)7-8-23-16/h9,12-13,16H,6-8,10-11H2,1-5H3,(H,19,22)/t13-,16+/m0/s1. The second-order valence-corrected chi connectivity index (χ2v) is 6.87. The normalized spacial score (nSPS) is 20.7. The number of rotatable bonds is 6. The molecule has 2 rings (SSSR count). The van der Waals surface area contributed by atoms with Gasteiger partial charge in [-0.3, -0.25) is 9.48 Å². The SMILES string of the molecule is CCc1c(C(=O)N[C@@H](C)[C@H]2CN(C)CCO2)cnn1CC(C)C. The zero-order valence-corrected chi connectivity index (χ0v) is 15.0. The summed E-state index contributed by atoms with van der Waals surface area (Å²) in [4.78, 5) is 14.9. The van der Waals surface area contributed by atoms with Crippen LogP contribution in [0.3, 0.4) is 0 Å². The van der Waals surface area contributed by atoms with Crippen LogP contribution in [0.2, 0.25) is 0 Å². The molecule has 1 fully saturated rings. The lowest BCUT2D eigenvalue weighted by Crippen LogP contribution is -2.51. The number of aromatic nitrogens is 2. The van der Waals surface area contributed by atoms with Crippen LogP contribution in [-0.2, 0) is 17.7 Å². The number of nitrogens with zero attached hydrogens (tertiary/aromatic N) is 3. The molecule has 130 valence electrons. The van der Waals surface area contributed by atoms with Crippen molar-refractivity contribution in [1.82, 2.24) is 20.0 Å². The highest BCUT2D eigenvalue weighted by Crippen LogP contribution is 2.13. The summed E-state index contributed by atoms with van der Waals surface area (Å²) in [6, 6.07) is -0.0246. The molecular formula is C17H30N4O2. The van der Waals surface area contributed by atoms with Gasteiger partial charge in [0, 0.05) is 19.6 Å². The van der Waals surface area contributed by atoms with Crippen molar-refractivity contribution in [2.75, 3.05) is 26.7 Å². The number of nitrogens with one attached hydrogen (secondary N) is 1. The quantitative estimate of drug-likeness (QED) is 0.863. The van der Waals surface area contributed by atoms with Crippen LogP contribution in [0.4, 0.5) is 0 Å². The molecule has 1 aliphatic heterocycles. The maximum atomic E-state index is 12.6. The van der Waals surface area contributed by atoms with Gasteiger partial charge in [-0.05, 0) is 26.3 Å². The van der Waals surface area contributed by atoms with Gasteiger partial charge < -0.3 is 15.0 Å². The van der Waals surface area contributed by atoms with E-state index in [-0.39, 0.29) is 18.1 Å². The maximum absolute atomic E-state index is 12.6. The Morgan fingerprint density at radius 1 is 1.48 bits per heavy atom. The third-order valence-electron chi connectivity index (χ3n) is 4.28. The number of ether oxygens (including phenoxy) is 1. The number of carbonyl (C=O) groups excluding carboxylic acids is 1. The lowest BCUT2D eigenvalue weighted by atomic mass is 10.1. The van der Waals surface area contributed by atoms with E-state index in [1.54, 1.807) is 6.20 Å². The summed E-state index contributed by atoms with van der Waals surface area (Å²) < 4.78 is 7.74. The summed E-state index contributed by atoms with van der Waals surface area (Å²) in [5, 5.41) is 7.48. The first-order chi connectivity index (χ1) is 10.9. The number of amides is 1. The number of hydrogen-bond acceptors (Lipinski definition) is 4. The van der Waals surface area contributed by atoms with E-state index >= 15 is 0 Å². The predicted molar refractivity (Wildman–Crippen MR) is 90.6 cm³/mol. The monoisotopic (exact) mass is 322 g/mol. The van der Waals surface area contributed by atoms with Crippen LogP contribution in [0.5, 0.6) is 0 Å². The molecule has 2 heterocycles. The maximum Gasteiger partial charge on any atom is 0.255 e. The van der Waals surface area contributed by atoms with E-state index in [0.29, 0.717) is 18.1 Å². The van der Waals surface area contributed by atoms with Gasteiger partial charge in [0.15, 0.2) is 0 Å². The predicted octanol–water partition coefficient (Wildman–Crippen LogP) is 1.55. The van der Waals surface area contributed by atoms with Crippen LogP contribution in [-0.4, -0.2) is 59.5 Å². The molecule has 1 aromatic heterocycles. The molecule has 1 aliphatic rings. The van der Waals surface area contributed by atoms with Gasteiger partial charge in [0.25, 0.3) is 5.91 Å². The molecule has 1 saturated heterocycles. The lowest BCUT2D eigenvalue weighted by molar-refractivity contribution is -0.0342. The summed E-state index contributed by atoms with van der Waals surface area (Å²) in [6.45, 7) is 11.7. The van der Waals surface area contributed by atoms with Gasteiger partial charge in [-0.25, -0.2) is 0 Å². The summed E-state index contributed by atoms with van der Waals surface area (Å²) in [7, 11) is 2.08. The van der Waals surface area contributed by atoms with Crippen molar-refractivity contribution in [3.8, 4) is 0 Å². The summed E-state index contributed by atoms with van der Waals surface area (Å²) >= 11 is 0. The van der Waals surface area contributed by atoms with E-state index in [9.17, 15) is 4.79 Å². The summed E-state index contributed by atoms with van der Waals surface area (Å²) in [6.07, 6.45) is 2.53. The van der Waals surface area contributed by atoms with Crippen LogP contribution in [0.25, 0.3) is 0 Å². The molecular weight excluding hydrogens is 292 g/mol. The molecule has 0 aromatic carbocycles. The minimum Gasteiger partial charge on any atom is -0.373 e. The molecule has 0 spiro atoms. The van der Waals surface area contributed by atoms with Gasteiger partial charge in [-0.15, -0.1) is 0 Å². The van der Waals surface area contributed by atoms with E-state index in [2.05, 4.69) is 43.1 Å². The molecule has 0 bridgehead atoms. The highest BCUT2D eigenvalue weighted by atomic mass is 16.5. The van der Waals surface area contributed by atoms with Gasteiger partial charge in [-0.1, -0.05) is 20.8 Å². The van der Waals surface area contributed by atoms with Crippen LogP contribution in [0, 0.1) is 5.92 Å². The molecule has 6 heteroatoms. The Hall–Kier alpha value is -1.40. The van der Waals surface area contributed by atoms with Crippen LogP contribution < -0.4 is 5.32 Å². The average Bonchev–Trinajstić information content (AvgIpc) is 2.89. The number of hydrogen-bond donors (Lipinski definition) is 1. The molecule has 0 saturated carbocycles. The molecule has 6 nitrogen and oxygen atoms in total. The highest BCUT2D eigenvalue weighted by Gasteiger charge is 2.26. The molecule has 1 amide bonds. The first kappa shape index (κ1) is 17.9. The van der Waals surface area contributed by atoms with Gasteiger partial charge in [-0.2, -0.15) is 5.10 Å². The third-order valence-corrected chi connectivity index (χ3v) is 4.28. The average molecular weight is 322 g/mol. The van der Waals surface area contributed by atoms with Crippen molar-refractivity contribution in [1.29, 1.82) is 0 Å². The van der Waals surface area contributed by atoms with Crippen molar-refractivity contribution in [3.63, 3.8) is 0 Å². The van der Waals surface area contributed by atoms with Crippen molar-refractivity contribution in [2.45, 2.75) is 52.8 Å². The topological polar surface area (TPSA) is 59.4 Å². The molecule has 1 aromatic rings. The Labute approximate surface area is 139 Å². The Morgan fingerprint density at radius 3 is 2.83 bits per heavy atom. The molecule has 23 heavy (non-hydrogen) atoms. The van der Waals surface area contributed by atoms with Crippen molar-refractivity contribution in [2.24, 2.45) is 5.92 Å². The fraction of sp³-hybridized carbons (Fsp3) is 0.765. The minimum atomic E-state index is -0.0545. The van der Waals surface area contributed by atoms with Crippen molar-refractivity contribution < 1.29 is 9.53 Å². The van der Waals surface area contributed by atoms with Crippen LogP contribution in [0.1, 0.15) is 43.7 Å². The van der Waals surface area contributed by atoms with E-state index in [0.717, 1.165) is 31.7 Å². The second kappa shape index (κ2) is 7.93. The number of morpholine rings is 1. The molecule has 0 aliphatic carbocycles. The first-order valence-corrected chi connectivity index (χ1v) is 8.58.